The van der Waals surface area contributed by atoms with Crippen molar-refractivity contribution in [3.8, 4) is 5.75 Å². The maximum absolute atomic E-state index is 12.0. The first-order valence-electron chi connectivity index (χ1n) is 5.93. The predicted octanol–water partition coefficient (Wildman–Crippen LogP) is 3.86. The molecule has 0 aliphatic carbocycles. The van der Waals surface area contributed by atoms with Crippen molar-refractivity contribution in [2.45, 2.75) is 13.0 Å². The number of ether oxygens (including phenoxy) is 1. The van der Waals surface area contributed by atoms with Crippen LogP contribution < -0.4 is 10.1 Å². The molecule has 0 aliphatic rings. The summed E-state index contributed by atoms with van der Waals surface area (Å²) in [7, 11) is 0. The molecule has 1 atom stereocenters. The van der Waals surface area contributed by atoms with Crippen LogP contribution in [-0.4, -0.2) is 12.0 Å². The standard InChI is InChI=1S/C15H14BrNO2/c1-11(19-14-5-3-2-4-6-14)15(18)17-13-9-7-12(16)8-10-13/h2-11H,1H3,(H,17,18)/t11-/m1/s1. The lowest BCUT2D eigenvalue weighted by Crippen LogP contribution is -2.30. The van der Waals surface area contributed by atoms with Crippen molar-refractivity contribution < 1.29 is 9.53 Å². The Hall–Kier alpha value is -1.81. The number of amides is 1. The van der Waals surface area contributed by atoms with Gasteiger partial charge in [0.1, 0.15) is 5.75 Å². The number of hydrogen-bond acceptors (Lipinski definition) is 2. The molecule has 98 valence electrons. The second kappa shape index (κ2) is 6.38. The number of hydrogen-bond donors (Lipinski definition) is 1. The van der Waals surface area contributed by atoms with E-state index in [0.717, 1.165) is 10.2 Å². The molecule has 0 unspecified atom stereocenters. The first kappa shape index (κ1) is 13.6. The van der Waals surface area contributed by atoms with E-state index in [1.807, 2.05) is 54.6 Å². The lowest BCUT2D eigenvalue weighted by molar-refractivity contribution is -0.122. The van der Waals surface area contributed by atoms with E-state index in [1.165, 1.54) is 0 Å². The van der Waals surface area contributed by atoms with Crippen molar-refractivity contribution in [2.75, 3.05) is 5.32 Å². The number of halogens is 1. The molecule has 0 heterocycles. The van der Waals surface area contributed by atoms with Crippen LogP contribution >= 0.6 is 15.9 Å². The summed E-state index contributed by atoms with van der Waals surface area (Å²) in [5, 5.41) is 2.80. The van der Waals surface area contributed by atoms with Crippen LogP contribution in [0, 0.1) is 0 Å². The number of carbonyl (C=O) groups is 1. The smallest absolute Gasteiger partial charge is 0.265 e. The van der Waals surface area contributed by atoms with E-state index in [2.05, 4.69) is 21.2 Å². The van der Waals surface area contributed by atoms with E-state index in [0.29, 0.717) is 5.75 Å². The molecule has 0 saturated heterocycles. The van der Waals surface area contributed by atoms with Crippen LogP contribution in [0.25, 0.3) is 0 Å². The summed E-state index contributed by atoms with van der Waals surface area (Å²) in [5.74, 6) is 0.507. The van der Waals surface area contributed by atoms with Gasteiger partial charge in [-0.25, -0.2) is 0 Å². The van der Waals surface area contributed by atoms with Gasteiger partial charge in [0.2, 0.25) is 0 Å². The van der Waals surface area contributed by atoms with Crippen molar-refractivity contribution in [1.29, 1.82) is 0 Å². The highest BCUT2D eigenvalue weighted by molar-refractivity contribution is 9.10. The van der Waals surface area contributed by atoms with Gasteiger partial charge in [0.25, 0.3) is 5.91 Å². The van der Waals surface area contributed by atoms with Gasteiger partial charge >= 0.3 is 0 Å². The number of nitrogens with one attached hydrogen (secondary N) is 1. The van der Waals surface area contributed by atoms with Gasteiger partial charge in [-0.05, 0) is 43.3 Å². The van der Waals surface area contributed by atoms with Gasteiger partial charge in [-0.15, -0.1) is 0 Å². The highest BCUT2D eigenvalue weighted by Gasteiger charge is 2.14. The fourth-order valence-corrected chi connectivity index (χ4v) is 1.80. The van der Waals surface area contributed by atoms with Crippen LogP contribution in [0.2, 0.25) is 0 Å². The molecule has 1 N–H and O–H groups in total. The molecule has 0 saturated carbocycles. The van der Waals surface area contributed by atoms with Crippen LogP contribution in [0.1, 0.15) is 6.92 Å². The highest BCUT2D eigenvalue weighted by atomic mass is 79.9. The third-order valence-corrected chi connectivity index (χ3v) is 3.07. The van der Waals surface area contributed by atoms with Crippen molar-refractivity contribution in [2.24, 2.45) is 0 Å². The number of benzene rings is 2. The number of para-hydroxylation sites is 1. The third-order valence-electron chi connectivity index (χ3n) is 2.54. The van der Waals surface area contributed by atoms with Gasteiger partial charge in [-0.1, -0.05) is 34.1 Å². The second-order valence-electron chi connectivity index (χ2n) is 4.07. The largest absolute Gasteiger partial charge is 0.481 e. The van der Waals surface area contributed by atoms with Gasteiger partial charge in [0.05, 0.1) is 0 Å². The minimum atomic E-state index is -0.550. The maximum Gasteiger partial charge on any atom is 0.265 e. The van der Waals surface area contributed by atoms with Crippen molar-refractivity contribution in [1.82, 2.24) is 0 Å². The van der Waals surface area contributed by atoms with E-state index in [9.17, 15) is 4.79 Å². The third kappa shape index (κ3) is 4.10. The van der Waals surface area contributed by atoms with E-state index < -0.39 is 6.10 Å². The van der Waals surface area contributed by atoms with E-state index in [1.54, 1.807) is 6.92 Å². The minimum Gasteiger partial charge on any atom is -0.481 e. The lowest BCUT2D eigenvalue weighted by Gasteiger charge is -2.14. The molecular weight excluding hydrogens is 306 g/mol. The molecule has 3 nitrogen and oxygen atoms in total. The fraction of sp³-hybridized carbons (Fsp3) is 0.133. The van der Waals surface area contributed by atoms with Gasteiger partial charge in [0, 0.05) is 10.2 Å². The highest BCUT2D eigenvalue weighted by Crippen LogP contribution is 2.15. The first-order chi connectivity index (χ1) is 9.15. The Labute approximate surface area is 120 Å². The molecule has 2 aromatic rings. The zero-order valence-corrected chi connectivity index (χ0v) is 12.1. The van der Waals surface area contributed by atoms with Crippen LogP contribution in [0.15, 0.2) is 59.1 Å². The molecule has 4 heteroatoms. The number of anilines is 1. The normalized spacial score (nSPS) is 11.7. The van der Waals surface area contributed by atoms with Crippen molar-refractivity contribution >= 4 is 27.5 Å². The minimum absolute atomic E-state index is 0.175. The quantitative estimate of drug-likeness (QED) is 0.929. The maximum atomic E-state index is 12.0. The summed E-state index contributed by atoms with van der Waals surface area (Å²) in [6, 6.07) is 16.7. The van der Waals surface area contributed by atoms with E-state index >= 15 is 0 Å². The van der Waals surface area contributed by atoms with E-state index in [-0.39, 0.29) is 5.91 Å². The number of rotatable bonds is 4. The van der Waals surface area contributed by atoms with Gasteiger partial charge in [0.15, 0.2) is 6.10 Å². The average molecular weight is 320 g/mol. The lowest BCUT2D eigenvalue weighted by atomic mass is 10.3. The second-order valence-corrected chi connectivity index (χ2v) is 4.98. The first-order valence-corrected chi connectivity index (χ1v) is 6.72. The Morgan fingerprint density at radius 2 is 1.74 bits per heavy atom. The monoisotopic (exact) mass is 319 g/mol. The summed E-state index contributed by atoms with van der Waals surface area (Å²) in [4.78, 5) is 12.0. The van der Waals surface area contributed by atoms with Gasteiger partial charge in [-0.3, -0.25) is 4.79 Å². The van der Waals surface area contributed by atoms with Crippen LogP contribution in [0.4, 0.5) is 5.69 Å². The summed E-state index contributed by atoms with van der Waals surface area (Å²) in [5.41, 5.74) is 0.747. The Morgan fingerprint density at radius 1 is 1.11 bits per heavy atom. The molecule has 0 aliphatic heterocycles. The molecule has 0 fully saturated rings. The Kier molecular flexibility index (Phi) is 4.58. The molecule has 2 aromatic carbocycles. The molecule has 2 rings (SSSR count). The molecular formula is C15H14BrNO2. The predicted molar refractivity (Wildman–Crippen MR) is 79.3 cm³/mol. The molecule has 0 radical (unpaired) electrons. The molecule has 0 bridgehead atoms. The zero-order valence-electron chi connectivity index (χ0n) is 10.5. The Balaban J connectivity index is 1.94. The van der Waals surface area contributed by atoms with Gasteiger partial charge in [-0.2, -0.15) is 0 Å². The molecule has 19 heavy (non-hydrogen) atoms. The summed E-state index contributed by atoms with van der Waals surface area (Å²) in [6.45, 7) is 1.72. The Morgan fingerprint density at radius 3 is 2.37 bits per heavy atom. The Bertz CT molecular complexity index is 540. The van der Waals surface area contributed by atoms with Crippen LogP contribution in [-0.2, 0) is 4.79 Å². The van der Waals surface area contributed by atoms with Crippen LogP contribution in [0.5, 0.6) is 5.75 Å². The SMILES string of the molecule is C[C@@H](Oc1ccccc1)C(=O)Nc1ccc(Br)cc1. The van der Waals surface area contributed by atoms with E-state index in [4.69, 9.17) is 4.74 Å². The topological polar surface area (TPSA) is 38.3 Å². The fourth-order valence-electron chi connectivity index (χ4n) is 1.53. The molecule has 0 spiro atoms. The summed E-state index contributed by atoms with van der Waals surface area (Å²) < 4.78 is 6.52. The van der Waals surface area contributed by atoms with Crippen LogP contribution in [0.3, 0.4) is 0 Å². The van der Waals surface area contributed by atoms with Crippen molar-refractivity contribution in [3.05, 3.63) is 59.1 Å². The molecule has 0 aromatic heterocycles. The van der Waals surface area contributed by atoms with Crippen molar-refractivity contribution in [3.63, 3.8) is 0 Å². The van der Waals surface area contributed by atoms with Gasteiger partial charge < -0.3 is 10.1 Å². The summed E-state index contributed by atoms with van der Waals surface area (Å²) >= 11 is 3.35. The zero-order chi connectivity index (χ0) is 13.7. The number of carbonyl (C=O) groups excluding carboxylic acids is 1. The average Bonchev–Trinajstić information content (AvgIpc) is 2.42. The summed E-state index contributed by atoms with van der Waals surface area (Å²) in [6.07, 6.45) is -0.550. The molecule has 1 amide bonds.